The van der Waals surface area contributed by atoms with Crippen molar-refractivity contribution < 1.29 is 23.5 Å². The topological polar surface area (TPSA) is 71.1 Å². The monoisotopic (exact) mass is 531 g/mol. The number of carbonyl (C=O) groups excluding carboxylic acids is 2. The van der Waals surface area contributed by atoms with Crippen LogP contribution in [0, 0.1) is 5.82 Å². The van der Waals surface area contributed by atoms with Crippen molar-refractivity contribution in [3.8, 4) is 5.75 Å². The molecule has 0 unspecified atom stereocenters. The SMILES string of the molecule is COCCN(CC(=O)N1CCc2sccc2[C@@H]1COc1cccc(F)c1)C(=O)Nc1cccc(Cl)c1. The zero-order chi connectivity index (χ0) is 25.5. The van der Waals surface area contributed by atoms with Crippen molar-refractivity contribution in [1.82, 2.24) is 9.80 Å². The van der Waals surface area contributed by atoms with Gasteiger partial charge in [0.2, 0.25) is 5.91 Å². The lowest BCUT2D eigenvalue weighted by molar-refractivity contribution is -0.135. The maximum absolute atomic E-state index is 13.6. The van der Waals surface area contributed by atoms with Gasteiger partial charge in [-0.2, -0.15) is 0 Å². The Hall–Kier alpha value is -3.14. The number of urea groups is 1. The summed E-state index contributed by atoms with van der Waals surface area (Å²) in [5, 5.41) is 5.28. The van der Waals surface area contributed by atoms with Gasteiger partial charge in [0, 0.05) is 41.9 Å². The smallest absolute Gasteiger partial charge is 0.322 e. The van der Waals surface area contributed by atoms with Gasteiger partial charge in [0.05, 0.1) is 12.6 Å². The maximum atomic E-state index is 13.6. The number of halogens is 2. The minimum atomic E-state index is -0.427. The first-order valence-electron chi connectivity index (χ1n) is 11.5. The molecule has 3 aromatic rings. The largest absolute Gasteiger partial charge is 0.491 e. The summed E-state index contributed by atoms with van der Waals surface area (Å²) >= 11 is 7.67. The second-order valence-corrected chi connectivity index (χ2v) is 9.71. The molecule has 0 spiro atoms. The zero-order valence-corrected chi connectivity index (χ0v) is 21.4. The number of benzene rings is 2. The van der Waals surface area contributed by atoms with Crippen molar-refractivity contribution in [2.75, 3.05) is 45.3 Å². The Bertz CT molecular complexity index is 1210. The van der Waals surface area contributed by atoms with E-state index < -0.39 is 6.03 Å². The number of nitrogens with one attached hydrogen (secondary N) is 1. The van der Waals surface area contributed by atoms with E-state index in [0.29, 0.717) is 23.0 Å². The first-order chi connectivity index (χ1) is 17.4. The molecule has 3 amide bonds. The Morgan fingerprint density at radius 1 is 1.22 bits per heavy atom. The van der Waals surface area contributed by atoms with E-state index >= 15 is 0 Å². The summed E-state index contributed by atoms with van der Waals surface area (Å²) in [7, 11) is 1.54. The fraction of sp³-hybridized carbons (Fsp3) is 0.308. The van der Waals surface area contributed by atoms with Gasteiger partial charge in [-0.25, -0.2) is 9.18 Å². The number of nitrogens with zero attached hydrogens (tertiary/aromatic N) is 2. The first kappa shape index (κ1) is 25.9. The van der Waals surface area contributed by atoms with Crippen LogP contribution in [0.3, 0.4) is 0 Å². The average Bonchev–Trinajstić information content (AvgIpc) is 3.34. The lowest BCUT2D eigenvalue weighted by Gasteiger charge is -2.37. The molecule has 1 aliphatic rings. The normalized spacial score (nSPS) is 14.8. The van der Waals surface area contributed by atoms with Crippen LogP contribution in [0.2, 0.25) is 5.02 Å². The lowest BCUT2D eigenvalue weighted by Crippen LogP contribution is -2.49. The van der Waals surface area contributed by atoms with Gasteiger partial charge in [-0.15, -0.1) is 11.3 Å². The van der Waals surface area contributed by atoms with E-state index in [-0.39, 0.29) is 44.1 Å². The number of thiophene rings is 1. The number of carbonyl (C=O) groups is 2. The van der Waals surface area contributed by atoms with Crippen molar-refractivity contribution in [2.45, 2.75) is 12.5 Å². The van der Waals surface area contributed by atoms with Gasteiger partial charge in [0.15, 0.2) is 0 Å². The van der Waals surface area contributed by atoms with Gasteiger partial charge in [-0.3, -0.25) is 4.79 Å². The summed E-state index contributed by atoms with van der Waals surface area (Å²) in [5.74, 6) is -0.204. The summed E-state index contributed by atoms with van der Waals surface area (Å²) in [5.41, 5.74) is 1.55. The van der Waals surface area contributed by atoms with Crippen LogP contribution in [0.15, 0.2) is 60.0 Å². The number of rotatable bonds is 9. The molecule has 1 aromatic heterocycles. The molecule has 190 valence electrons. The van der Waals surface area contributed by atoms with Crippen LogP contribution < -0.4 is 10.1 Å². The Balaban J connectivity index is 1.49. The standard InChI is InChI=1S/C26H27ClFN3O4S/c1-34-12-11-30(26(33)29-20-6-2-4-18(27)14-20)16-25(32)31-10-8-24-22(9-13-36-24)23(31)17-35-21-7-3-5-19(28)15-21/h2-7,9,13-15,23H,8,10-12,16-17H2,1H3,(H,29,33)/t23-/m0/s1. The number of amides is 3. The van der Waals surface area contributed by atoms with Crippen LogP contribution in [0.4, 0.5) is 14.9 Å². The maximum Gasteiger partial charge on any atom is 0.322 e. The number of hydrogen-bond donors (Lipinski definition) is 1. The van der Waals surface area contributed by atoms with Crippen LogP contribution in [0.25, 0.3) is 0 Å². The van der Waals surface area contributed by atoms with E-state index in [9.17, 15) is 14.0 Å². The molecule has 7 nitrogen and oxygen atoms in total. The van der Waals surface area contributed by atoms with Gasteiger partial charge in [-0.1, -0.05) is 23.7 Å². The summed E-state index contributed by atoms with van der Waals surface area (Å²) in [4.78, 5) is 30.9. The van der Waals surface area contributed by atoms with Crippen LogP contribution in [-0.4, -0.2) is 61.7 Å². The average molecular weight is 532 g/mol. The van der Waals surface area contributed by atoms with Gasteiger partial charge in [0.25, 0.3) is 0 Å². The van der Waals surface area contributed by atoms with Crippen LogP contribution >= 0.6 is 22.9 Å². The summed E-state index contributed by atoms with van der Waals surface area (Å²) in [6.07, 6.45) is 0.724. The summed E-state index contributed by atoms with van der Waals surface area (Å²) < 4.78 is 24.7. The molecule has 0 aliphatic carbocycles. The highest BCUT2D eigenvalue weighted by Crippen LogP contribution is 2.34. The Morgan fingerprint density at radius 3 is 2.83 bits per heavy atom. The molecule has 0 saturated heterocycles. The molecular formula is C26H27ClFN3O4S. The fourth-order valence-corrected chi connectivity index (χ4v) is 5.20. The zero-order valence-electron chi connectivity index (χ0n) is 19.8. The van der Waals surface area contributed by atoms with Crippen molar-refractivity contribution in [2.24, 2.45) is 0 Å². The van der Waals surface area contributed by atoms with E-state index in [1.165, 1.54) is 29.0 Å². The molecule has 0 bridgehead atoms. The van der Waals surface area contributed by atoms with Crippen LogP contribution in [-0.2, 0) is 16.0 Å². The Kier molecular flexibility index (Phi) is 8.79. The number of methoxy groups -OCH3 is 1. The predicted octanol–water partition coefficient (Wildman–Crippen LogP) is 5.23. The third-order valence-electron chi connectivity index (χ3n) is 5.87. The van der Waals surface area contributed by atoms with E-state index in [2.05, 4.69) is 5.32 Å². The number of anilines is 1. The molecule has 2 aromatic carbocycles. The van der Waals surface area contributed by atoms with E-state index in [1.54, 1.807) is 52.6 Å². The minimum Gasteiger partial charge on any atom is -0.491 e. The molecule has 36 heavy (non-hydrogen) atoms. The molecule has 0 saturated carbocycles. The van der Waals surface area contributed by atoms with Crippen molar-refractivity contribution in [1.29, 1.82) is 0 Å². The highest BCUT2D eigenvalue weighted by molar-refractivity contribution is 7.10. The van der Waals surface area contributed by atoms with Gasteiger partial charge < -0.3 is 24.6 Å². The fourth-order valence-electron chi connectivity index (χ4n) is 4.08. The first-order valence-corrected chi connectivity index (χ1v) is 12.7. The Labute approximate surface area is 218 Å². The molecule has 0 fully saturated rings. The van der Waals surface area contributed by atoms with E-state index in [0.717, 1.165) is 12.0 Å². The van der Waals surface area contributed by atoms with Gasteiger partial charge in [0.1, 0.15) is 24.7 Å². The number of fused-ring (bicyclic) bond motifs is 1. The number of ether oxygens (including phenoxy) is 2. The second-order valence-electron chi connectivity index (χ2n) is 8.28. The second kappa shape index (κ2) is 12.2. The summed E-state index contributed by atoms with van der Waals surface area (Å²) in [6.45, 7) is 1.04. The van der Waals surface area contributed by atoms with Gasteiger partial charge >= 0.3 is 6.03 Å². The molecule has 1 N–H and O–H groups in total. The molecule has 1 atom stereocenters. The Morgan fingerprint density at radius 2 is 2.06 bits per heavy atom. The number of hydrogen-bond acceptors (Lipinski definition) is 5. The molecule has 2 heterocycles. The van der Waals surface area contributed by atoms with Gasteiger partial charge in [-0.05, 0) is 53.8 Å². The van der Waals surface area contributed by atoms with Crippen molar-refractivity contribution >= 4 is 40.6 Å². The lowest BCUT2D eigenvalue weighted by atomic mass is 10.0. The van der Waals surface area contributed by atoms with Crippen molar-refractivity contribution in [3.63, 3.8) is 0 Å². The quantitative estimate of drug-likeness (QED) is 0.410. The third-order valence-corrected chi connectivity index (χ3v) is 7.11. The van der Waals surface area contributed by atoms with Crippen LogP contribution in [0.5, 0.6) is 5.75 Å². The third kappa shape index (κ3) is 6.54. The van der Waals surface area contributed by atoms with E-state index in [4.69, 9.17) is 21.1 Å². The summed E-state index contributed by atoms with van der Waals surface area (Å²) in [6, 6.07) is 14.0. The molecular weight excluding hydrogens is 505 g/mol. The van der Waals surface area contributed by atoms with E-state index in [1.807, 2.05) is 11.4 Å². The highest BCUT2D eigenvalue weighted by Gasteiger charge is 2.33. The van der Waals surface area contributed by atoms with Crippen molar-refractivity contribution in [3.05, 3.63) is 81.3 Å². The predicted molar refractivity (Wildman–Crippen MR) is 138 cm³/mol. The minimum absolute atomic E-state index is 0.133. The van der Waals surface area contributed by atoms with Crippen LogP contribution in [0.1, 0.15) is 16.5 Å². The highest BCUT2D eigenvalue weighted by atomic mass is 35.5. The molecule has 0 radical (unpaired) electrons. The molecule has 4 rings (SSSR count). The molecule has 10 heteroatoms. The molecule has 1 aliphatic heterocycles.